The Hall–Kier alpha value is -2.93. The molecule has 1 aromatic carbocycles. The number of carboxylic acids is 1. The number of ether oxygens (including phenoxy) is 2. The summed E-state index contributed by atoms with van der Waals surface area (Å²) in [4.78, 5) is 39.3. The fourth-order valence-electron chi connectivity index (χ4n) is 3.47. The minimum absolute atomic E-state index is 0.0918. The lowest BCUT2D eigenvalue weighted by Gasteiger charge is -2.37. The molecule has 1 aromatic rings. The molecule has 0 radical (unpaired) electrons. The van der Waals surface area contributed by atoms with E-state index in [9.17, 15) is 19.5 Å². The van der Waals surface area contributed by atoms with Gasteiger partial charge in [-0.25, -0.2) is 4.79 Å². The third kappa shape index (κ3) is 4.79. The van der Waals surface area contributed by atoms with E-state index in [1.807, 2.05) is 6.07 Å². The summed E-state index contributed by atoms with van der Waals surface area (Å²) >= 11 is 0. The second kappa shape index (κ2) is 9.26. The van der Waals surface area contributed by atoms with Crippen LogP contribution in [0.5, 0.6) is 0 Å². The average molecular weight is 415 g/mol. The minimum Gasteiger partial charge on any atom is -0.478 e. The van der Waals surface area contributed by atoms with Crippen molar-refractivity contribution in [1.29, 1.82) is 0 Å². The molecule has 0 bridgehead atoms. The molecule has 2 rings (SSSR count). The zero-order valence-corrected chi connectivity index (χ0v) is 18.3. The van der Waals surface area contributed by atoms with Crippen molar-refractivity contribution < 1.29 is 29.0 Å². The quantitative estimate of drug-likeness (QED) is 0.682. The highest BCUT2D eigenvalue weighted by Crippen LogP contribution is 2.42. The second-order valence-electron chi connectivity index (χ2n) is 8.24. The van der Waals surface area contributed by atoms with Crippen LogP contribution in [0.1, 0.15) is 46.1 Å². The molecule has 0 saturated carbocycles. The van der Waals surface area contributed by atoms with Gasteiger partial charge in [-0.15, -0.1) is 0 Å². The molecule has 0 aliphatic carbocycles. The maximum Gasteiger partial charge on any atom is 0.334 e. The number of hydrogen-bond donors (Lipinski definition) is 1. The Labute approximate surface area is 177 Å². The van der Waals surface area contributed by atoms with Gasteiger partial charge in [-0.3, -0.25) is 9.59 Å². The Bertz CT molecular complexity index is 892. The minimum atomic E-state index is -1.12. The summed E-state index contributed by atoms with van der Waals surface area (Å²) in [6.07, 6.45) is 0. The van der Waals surface area contributed by atoms with E-state index in [0.717, 1.165) is 0 Å². The number of rotatable bonds is 7. The first-order valence-corrected chi connectivity index (χ1v) is 9.67. The number of carbonyl (C=O) groups is 3. The van der Waals surface area contributed by atoms with E-state index in [0.29, 0.717) is 17.0 Å². The zero-order valence-electron chi connectivity index (χ0n) is 18.3. The highest BCUT2D eigenvalue weighted by Gasteiger charge is 2.39. The van der Waals surface area contributed by atoms with Crippen molar-refractivity contribution in [2.24, 2.45) is 5.41 Å². The van der Waals surface area contributed by atoms with Gasteiger partial charge >= 0.3 is 11.9 Å². The summed E-state index contributed by atoms with van der Waals surface area (Å²) in [6, 6.07) is 8.98. The van der Waals surface area contributed by atoms with Crippen LogP contribution < -0.4 is 0 Å². The van der Waals surface area contributed by atoms with Crippen LogP contribution in [-0.2, 0) is 23.9 Å². The van der Waals surface area contributed by atoms with E-state index >= 15 is 0 Å². The van der Waals surface area contributed by atoms with Gasteiger partial charge in [0.1, 0.15) is 6.73 Å². The second-order valence-corrected chi connectivity index (χ2v) is 8.24. The van der Waals surface area contributed by atoms with E-state index in [-0.39, 0.29) is 17.9 Å². The van der Waals surface area contributed by atoms with Crippen LogP contribution in [0.25, 0.3) is 0 Å². The third-order valence-electron chi connectivity index (χ3n) is 5.04. The summed E-state index contributed by atoms with van der Waals surface area (Å²) < 4.78 is 10.5. The van der Waals surface area contributed by atoms with Crippen LogP contribution in [0, 0.1) is 5.41 Å². The summed E-state index contributed by atoms with van der Waals surface area (Å²) in [5, 5.41) is 9.99. The van der Waals surface area contributed by atoms with Crippen LogP contribution in [0.2, 0.25) is 0 Å². The molecule has 0 amide bonds. The van der Waals surface area contributed by atoms with Crippen LogP contribution >= 0.6 is 0 Å². The van der Waals surface area contributed by atoms with Crippen molar-refractivity contribution in [2.75, 3.05) is 20.4 Å². The Balaban J connectivity index is 2.57. The maximum absolute atomic E-state index is 13.2. The number of allylic oxidation sites excluding steroid dienone is 2. The summed E-state index contributed by atoms with van der Waals surface area (Å²) in [5.74, 6) is -2.84. The number of hydrogen-bond acceptors (Lipinski definition) is 6. The van der Waals surface area contributed by atoms with Crippen molar-refractivity contribution in [3.05, 3.63) is 58.4 Å². The van der Waals surface area contributed by atoms with E-state index in [1.54, 1.807) is 63.8 Å². The van der Waals surface area contributed by atoms with Crippen molar-refractivity contribution in [3.63, 3.8) is 0 Å². The lowest BCUT2D eigenvalue weighted by atomic mass is 9.78. The van der Waals surface area contributed by atoms with Crippen molar-refractivity contribution in [2.45, 2.75) is 40.5 Å². The van der Waals surface area contributed by atoms with Gasteiger partial charge in [0, 0.05) is 30.0 Å². The fraction of sp³-hybridized carbons (Fsp3) is 0.435. The standard InChI is InChI=1S/C23H29NO6/c1-14-18(17(25)12-30-22(28)23(3,4)5)20(16-10-8-7-9-11-16)19(21(26)27)15(2)24(14)13-29-6/h7-11,20H,12-13H2,1-6H3,(H,26,27). The number of benzene rings is 1. The molecule has 1 aliphatic rings. The Morgan fingerprint density at radius 3 is 2.10 bits per heavy atom. The summed E-state index contributed by atoms with van der Waals surface area (Å²) in [6.45, 7) is 8.18. The number of esters is 1. The predicted molar refractivity (Wildman–Crippen MR) is 111 cm³/mol. The topological polar surface area (TPSA) is 93.1 Å². The van der Waals surface area contributed by atoms with Gasteiger partial charge in [0.15, 0.2) is 12.4 Å². The normalized spacial score (nSPS) is 17.3. The van der Waals surface area contributed by atoms with E-state index < -0.39 is 35.7 Å². The van der Waals surface area contributed by atoms with Crippen LogP contribution in [0.4, 0.5) is 0 Å². The summed E-state index contributed by atoms with van der Waals surface area (Å²) in [5.41, 5.74) is 1.37. The van der Waals surface area contributed by atoms with Crippen molar-refractivity contribution in [1.82, 2.24) is 4.90 Å². The van der Waals surface area contributed by atoms with Crippen LogP contribution in [-0.4, -0.2) is 48.2 Å². The molecule has 0 spiro atoms. The molecule has 0 aromatic heterocycles. The summed E-state index contributed by atoms with van der Waals surface area (Å²) in [7, 11) is 1.50. The molecule has 1 atom stereocenters. The van der Waals surface area contributed by atoms with E-state index in [1.165, 1.54) is 7.11 Å². The number of Topliss-reactive ketones (excluding diaryl/α,β-unsaturated/α-hetero) is 1. The fourth-order valence-corrected chi connectivity index (χ4v) is 3.47. The van der Waals surface area contributed by atoms with Gasteiger partial charge in [-0.1, -0.05) is 30.3 Å². The van der Waals surface area contributed by atoms with Crippen LogP contribution in [0.3, 0.4) is 0 Å². The van der Waals surface area contributed by atoms with Gasteiger partial charge in [0.2, 0.25) is 0 Å². The molecule has 7 nitrogen and oxygen atoms in total. The van der Waals surface area contributed by atoms with Gasteiger partial charge in [0.25, 0.3) is 0 Å². The van der Waals surface area contributed by atoms with E-state index in [2.05, 4.69) is 0 Å². The van der Waals surface area contributed by atoms with E-state index in [4.69, 9.17) is 9.47 Å². The third-order valence-corrected chi connectivity index (χ3v) is 5.04. The first kappa shape index (κ1) is 23.3. The maximum atomic E-state index is 13.2. The predicted octanol–water partition coefficient (Wildman–Crippen LogP) is 3.48. The Morgan fingerprint density at radius 2 is 1.60 bits per heavy atom. The number of ketones is 1. The van der Waals surface area contributed by atoms with Crippen molar-refractivity contribution in [3.8, 4) is 0 Å². The van der Waals surface area contributed by atoms with Gasteiger partial charge in [0.05, 0.1) is 11.0 Å². The molecular formula is C23H29NO6. The van der Waals surface area contributed by atoms with Crippen LogP contribution in [0.15, 0.2) is 52.9 Å². The molecular weight excluding hydrogens is 386 g/mol. The number of aliphatic carboxylic acids is 1. The molecule has 1 aliphatic heterocycles. The van der Waals surface area contributed by atoms with Gasteiger partial charge in [-0.05, 0) is 40.2 Å². The zero-order chi connectivity index (χ0) is 22.6. The SMILES string of the molecule is COCN1C(C)=C(C(=O)O)C(c2ccccc2)C(C(=O)COC(=O)C(C)(C)C)=C1C. The highest BCUT2D eigenvalue weighted by atomic mass is 16.5. The first-order valence-electron chi connectivity index (χ1n) is 9.67. The van der Waals surface area contributed by atoms with Gasteiger partial charge < -0.3 is 19.5 Å². The monoisotopic (exact) mass is 415 g/mol. The molecule has 162 valence electrons. The number of carboxylic acid groups (broad SMARTS) is 1. The smallest absolute Gasteiger partial charge is 0.334 e. The lowest BCUT2D eigenvalue weighted by molar-refractivity contribution is -0.155. The molecule has 7 heteroatoms. The molecule has 30 heavy (non-hydrogen) atoms. The highest BCUT2D eigenvalue weighted by molar-refractivity contribution is 6.04. The van der Waals surface area contributed by atoms with Gasteiger partial charge in [-0.2, -0.15) is 0 Å². The first-order chi connectivity index (χ1) is 14.0. The Morgan fingerprint density at radius 1 is 1.03 bits per heavy atom. The lowest BCUT2D eigenvalue weighted by Crippen LogP contribution is -2.36. The largest absolute Gasteiger partial charge is 0.478 e. The van der Waals surface area contributed by atoms with Crippen molar-refractivity contribution >= 4 is 17.7 Å². The molecule has 0 fully saturated rings. The molecule has 1 unspecified atom stereocenters. The molecule has 0 saturated heterocycles. The molecule has 1 N–H and O–H groups in total. The molecule has 1 heterocycles. The Kier molecular flexibility index (Phi) is 7.21. The number of carbonyl (C=O) groups excluding carboxylic acids is 2. The number of nitrogens with zero attached hydrogens (tertiary/aromatic N) is 1. The average Bonchev–Trinajstić information content (AvgIpc) is 2.68. The number of methoxy groups -OCH3 is 1.